The highest BCUT2D eigenvalue weighted by Crippen LogP contribution is 2.23. The van der Waals surface area contributed by atoms with Crippen LogP contribution in [0.2, 0.25) is 5.15 Å². The van der Waals surface area contributed by atoms with Gasteiger partial charge in [-0.05, 0) is 32.8 Å². The van der Waals surface area contributed by atoms with Gasteiger partial charge in [-0.25, -0.2) is 4.98 Å². The zero-order valence-corrected chi connectivity index (χ0v) is 10.7. The molecule has 17 heavy (non-hydrogen) atoms. The van der Waals surface area contributed by atoms with E-state index in [0.717, 1.165) is 18.5 Å². The molecule has 1 saturated carbocycles. The number of pyridine rings is 1. The molecule has 0 aromatic carbocycles. The first-order valence-electron chi connectivity index (χ1n) is 5.79. The maximum Gasteiger partial charge on any atom is 0.255 e. The van der Waals surface area contributed by atoms with Crippen LogP contribution in [0.3, 0.4) is 0 Å². The zero-order valence-electron chi connectivity index (χ0n) is 9.96. The highest BCUT2D eigenvalue weighted by Gasteiger charge is 2.25. The van der Waals surface area contributed by atoms with Crippen molar-refractivity contribution in [3.8, 4) is 0 Å². The van der Waals surface area contributed by atoms with Crippen molar-refractivity contribution in [3.63, 3.8) is 0 Å². The van der Waals surface area contributed by atoms with Crippen molar-refractivity contribution in [1.29, 1.82) is 0 Å². The number of anilines is 1. The van der Waals surface area contributed by atoms with E-state index in [1.54, 1.807) is 6.07 Å². The highest BCUT2D eigenvalue weighted by atomic mass is 35.5. The van der Waals surface area contributed by atoms with Gasteiger partial charge in [-0.3, -0.25) is 4.79 Å². The predicted octanol–water partition coefficient (Wildman–Crippen LogP) is 2.45. The number of hydrogen-bond acceptors (Lipinski definition) is 3. The molecule has 0 radical (unpaired) electrons. The molecule has 5 heteroatoms. The van der Waals surface area contributed by atoms with Crippen molar-refractivity contribution in [2.45, 2.75) is 38.8 Å². The second kappa shape index (κ2) is 4.92. The summed E-state index contributed by atoms with van der Waals surface area (Å²) in [5.41, 5.74) is 1.29. The Morgan fingerprint density at radius 1 is 1.53 bits per heavy atom. The predicted molar refractivity (Wildman–Crippen MR) is 68.5 cm³/mol. The van der Waals surface area contributed by atoms with Gasteiger partial charge in [0.1, 0.15) is 5.15 Å². The standard InChI is InChI=1S/C12H16ClN3O/c1-7(2)15-10-5-11(13)14-6-9(10)12(17)16-8-3-4-8/h5-8H,3-4H2,1-2H3,(H,14,15)(H,16,17). The van der Waals surface area contributed by atoms with Crippen LogP contribution >= 0.6 is 11.6 Å². The quantitative estimate of drug-likeness (QED) is 0.811. The fraction of sp³-hybridized carbons (Fsp3) is 0.500. The van der Waals surface area contributed by atoms with Crippen LogP contribution in [0.15, 0.2) is 12.3 Å². The Balaban J connectivity index is 2.20. The summed E-state index contributed by atoms with van der Waals surface area (Å²) in [5, 5.41) is 6.53. The van der Waals surface area contributed by atoms with Gasteiger partial charge in [0.25, 0.3) is 5.91 Å². The lowest BCUT2D eigenvalue weighted by Crippen LogP contribution is -2.27. The Bertz CT molecular complexity index is 430. The summed E-state index contributed by atoms with van der Waals surface area (Å²) in [4.78, 5) is 15.9. The van der Waals surface area contributed by atoms with Crippen molar-refractivity contribution >= 4 is 23.2 Å². The van der Waals surface area contributed by atoms with Crippen molar-refractivity contribution in [2.75, 3.05) is 5.32 Å². The number of rotatable bonds is 4. The van der Waals surface area contributed by atoms with Gasteiger partial charge in [0, 0.05) is 18.3 Å². The van der Waals surface area contributed by atoms with Gasteiger partial charge in [-0.1, -0.05) is 11.6 Å². The number of halogens is 1. The number of carbonyl (C=O) groups is 1. The van der Waals surface area contributed by atoms with Gasteiger partial charge in [0.15, 0.2) is 0 Å². The Morgan fingerprint density at radius 3 is 2.82 bits per heavy atom. The number of nitrogens with zero attached hydrogens (tertiary/aromatic N) is 1. The van der Waals surface area contributed by atoms with E-state index >= 15 is 0 Å². The molecule has 1 aliphatic carbocycles. The third-order valence-corrected chi connectivity index (χ3v) is 2.68. The van der Waals surface area contributed by atoms with E-state index in [9.17, 15) is 4.79 Å². The molecule has 0 unspecified atom stereocenters. The monoisotopic (exact) mass is 253 g/mol. The van der Waals surface area contributed by atoms with E-state index in [4.69, 9.17) is 11.6 Å². The first kappa shape index (κ1) is 12.2. The Kier molecular flexibility index (Phi) is 3.52. The SMILES string of the molecule is CC(C)Nc1cc(Cl)ncc1C(=O)NC1CC1. The van der Waals surface area contributed by atoms with Gasteiger partial charge >= 0.3 is 0 Å². The number of hydrogen-bond donors (Lipinski definition) is 2. The molecule has 0 atom stereocenters. The number of nitrogens with one attached hydrogen (secondary N) is 2. The minimum atomic E-state index is -0.0835. The van der Waals surface area contributed by atoms with Gasteiger partial charge < -0.3 is 10.6 Å². The molecule has 92 valence electrons. The number of carbonyl (C=O) groups excluding carboxylic acids is 1. The Hall–Kier alpha value is -1.29. The molecule has 1 amide bonds. The number of aromatic nitrogens is 1. The topological polar surface area (TPSA) is 54.0 Å². The van der Waals surface area contributed by atoms with Crippen molar-refractivity contribution in [3.05, 3.63) is 23.0 Å². The fourth-order valence-corrected chi connectivity index (χ4v) is 1.69. The van der Waals surface area contributed by atoms with Gasteiger partial charge in [0.05, 0.1) is 11.3 Å². The maximum absolute atomic E-state index is 12.0. The molecule has 1 aromatic heterocycles. The molecule has 0 saturated heterocycles. The fourth-order valence-electron chi connectivity index (χ4n) is 1.53. The average molecular weight is 254 g/mol. The van der Waals surface area contributed by atoms with E-state index in [1.165, 1.54) is 6.20 Å². The van der Waals surface area contributed by atoms with Crippen LogP contribution in [0, 0.1) is 0 Å². The first-order chi connectivity index (χ1) is 8.06. The van der Waals surface area contributed by atoms with Gasteiger partial charge in [-0.2, -0.15) is 0 Å². The average Bonchev–Trinajstić information content (AvgIpc) is 3.00. The van der Waals surface area contributed by atoms with Crippen LogP contribution in [0.5, 0.6) is 0 Å². The molecule has 0 spiro atoms. The highest BCUT2D eigenvalue weighted by molar-refractivity contribution is 6.29. The van der Waals surface area contributed by atoms with E-state index < -0.39 is 0 Å². The van der Waals surface area contributed by atoms with Crippen LogP contribution in [0.4, 0.5) is 5.69 Å². The minimum Gasteiger partial charge on any atom is -0.382 e. The molecule has 4 nitrogen and oxygen atoms in total. The van der Waals surface area contributed by atoms with Crippen LogP contribution < -0.4 is 10.6 Å². The molecule has 0 aliphatic heterocycles. The van der Waals surface area contributed by atoms with Gasteiger partial charge in [0.2, 0.25) is 0 Å². The second-order valence-corrected chi connectivity index (χ2v) is 4.99. The lowest BCUT2D eigenvalue weighted by molar-refractivity contribution is 0.0951. The van der Waals surface area contributed by atoms with E-state index in [1.807, 2.05) is 13.8 Å². The van der Waals surface area contributed by atoms with Crippen LogP contribution in [-0.2, 0) is 0 Å². The smallest absolute Gasteiger partial charge is 0.255 e. The van der Waals surface area contributed by atoms with Crippen molar-refractivity contribution in [1.82, 2.24) is 10.3 Å². The molecular weight excluding hydrogens is 238 g/mol. The zero-order chi connectivity index (χ0) is 12.4. The lowest BCUT2D eigenvalue weighted by atomic mass is 10.2. The Labute approximate surface area is 106 Å². The van der Waals surface area contributed by atoms with Crippen LogP contribution in [0.1, 0.15) is 37.0 Å². The summed E-state index contributed by atoms with van der Waals surface area (Å²) in [6.07, 6.45) is 3.66. The van der Waals surface area contributed by atoms with Crippen LogP contribution in [0.25, 0.3) is 0 Å². The van der Waals surface area contributed by atoms with E-state index in [2.05, 4.69) is 15.6 Å². The molecular formula is C12H16ClN3O. The van der Waals surface area contributed by atoms with E-state index in [-0.39, 0.29) is 11.9 Å². The molecule has 1 heterocycles. The van der Waals surface area contributed by atoms with Crippen molar-refractivity contribution in [2.24, 2.45) is 0 Å². The summed E-state index contributed by atoms with van der Waals surface area (Å²) in [6.45, 7) is 4.02. The minimum absolute atomic E-state index is 0.0835. The third-order valence-electron chi connectivity index (χ3n) is 2.47. The van der Waals surface area contributed by atoms with Gasteiger partial charge in [-0.15, -0.1) is 0 Å². The summed E-state index contributed by atoms with van der Waals surface area (Å²) >= 11 is 5.84. The summed E-state index contributed by atoms with van der Waals surface area (Å²) in [5.74, 6) is -0.0835. The maximum atomic E-state index is 12.0. The molecule has 0 bridgehead atoms. The first-order valence-corrected chi connectivity index (χ1v) is 6.17. The van der Waals surface area contributed by atoms with Crippen molar-refractivity contribution < 1.29 is 4.79 Å². The third kappa shape index (κ3) is 3.33. The number of amides is 1. The van der Waals surface area contributed by atoms with Crippen LogP contribution in [-0.4, -0.2) is 23.0 Å². The largest absolute Gasteiger partial charge is 0.382 e. The normalized spacial score (nSPS) is 14.8. The lowest BCUT2D eigenvalue weighted by Gasteiger charge is -2.14. The molecule has 2 N–H and O–H groups in total. The summed E-state index contributed by atoms with van der Waals surface area (Å²) in [6, 6.07) is 2.26. The Morgan fingerprint density at radius 2 is 2.24 bits per heavy atom. The molecule has 1 aliphatic rings. The summed E-state index contributed by atoms with van der Waals surface area (Å²) in [7, 11) is 0. The molecule has 1 fully saturated rings. The van der Waals surface area contributed by atoms with E-state index in [0.29, 0.717) is 16.8 Å². The molecule has 2 rings (SSSR count). The molecule has 1 aromatic rings. The summed E-state index contributed by atoms with van der Waals surface area (Å²) < 4.78 is 0. The second-order valence-electron chi connectivity index (χ2n) is 4.60.